The van der Waals surface area contributed by atoms with Crippen LogP contribution in [0.4, 0.5) is 0 Å². The van der Waals surface area contributed by atoms with Crippen LogP contribution in [0.15, 0.2) is 11.6 Å². The fourth-order valence-electron chi connectivity index (χ4n) is 4.07. The zero-order chi connectivity index (χ0) is 11.4. The molecule has 0 aromatic rings. The van der Waals surface area contributed by atoms with Crippen LogP contribution in [0.1, 0.15) is 52.9 Å². The Balaban J connectivity index is 1.82. The molecule has 2 fully saturated rings. The first-order chi connectivity index (χ1) is 7.54. The molecule has 0 aromatic carbocycles. The van der Waals surface area contributed by atoms with Crippen molar-refractivity contribution in [2.75, 3.05) is 6.61 Å². The molecule has 3 aliphatic rings. The molecule has 1 nitrogen and oxygen atoms in total. The normalized spacial score (nSPS) is 49.1. The van der Waals surface area contributed by atoms with Crippen LogP contribution in [0.2, 0.25) is 0 Å². The Morgan fingerprint density at radius 1 is 1.31 bits per heavy atom. The quantitative estimate of drug-likeness (QED) is 0.445. The number of fused-ring (bicyclic) bond motifs is 2. The molecule has 1 spiro atoms. The van der Waals surface area contributed by atoms with Crippen molar-refractivity contribution in [3.05, 3.63) is 11.6 Å². The van der Waals surface area contributed by atoms with Crippen molar-refractivity contribution in [2.45, 2.75) is 58.5 Å². The zero-order valence-electron chi connectivity index (χ0n) is 10.9. The van der Waals surface area contributed by atoms with Crippen LogP contribution in [-0.2, 0) is 4.74 Å². The molecule has 0 bridgehead atoms. The summed E-state index contributed by atoms with van der Waals surface area (Å²) in [6.45, 7) is 8.23. The number of ether oxygens (including phenoxy) is 1. The molecule has 3 atom stereocenters. The van der Waals surface area contributed by atoms with E-state index in [0.29, 0.717) is 11.0 Å². The smallest absolute Gasteiger partial charge is 0.0950 e. The van der Waals surface area contributed by atoms with Gasteiger partial charge in [-0.1, -0.05) is 25.5 Å². The minimum atomic E-state index is 0.307. The number of allylic oxidation sites excluding steroid dienone is 2. The van der Waals surface area contributed by atoms with E-state index in [0.717, 1.165) is 18.4 Å². The second-order valence-electron chi connectivity index (χ2n) is 6.89. The van der Waals surface area contributed by atoms with Crippen LogP contribution in [0.5, 0.6) is 0 Å². The van der Waals surface area contributed by atoms with Crippen LogP contribution in [0, 0.1) is 17.3 Å². The van der Waals surface area contributed by atoms with Gasteiger partial charge >= 0.3 is 0 Å². The molecule has 0 radical (unpaired) electrons. The summed E-state index contributed by atoms with van der Waals surface area (Å²) < 4.78 is 5.86. The van der Waals surface area contributed by atoms with Crippen molar-refractivity contribution in [1.82, 2.24) is 0 Å². The summed E-state index contributed by atoms with van der Waals surface area (Å²) in [6, 6.07) is 0. The van der Waals surface area contributed by atoms with Gasteiger partial charge in [-0.25, -0.2) is 0 Å². The largest absolute Gasteiger partial charge is 0.369 e. The monoisotopic (exact) mass is 220 g/mol. The summed E-state index contributed by atoms with van der Waals surface area (Å²) in [7, 11) is 0. The van der Waals surface area contributed by atoms with E-state index in [-0.39, 0.29) is 0 Å². The van der Waals surface area contributed by atoms with E-state index in [1.54, 1.807) is 5.57 Å². The zero-order valence-corrected chi connectivity index (χ0v) is 10.9. The van der Waals surface area contributed by atoms with Gasteiger partial charge in [-0.2, -0.15) is 0 Å². The van der Waals surface area contributed by atoms with E-state index in [2.05, 4.69) is 26.8 Å². The molecule has 0 amide bonds. The summed E-state index contributed by atoms with van der Waals surface area (Å²) in [5.74, 6) is 1.76. The Kier molecular flexibility index (Phi) is 2.27. The third-order valence-corrected chi connectivity index (χ3v) is 5.34. The predicted octanol–water partition coefficient (Wildman–Crippen LogP) is 3.94. The molecule has 1 heterocycles. The molecule has 90 valence electrons. The highest BCUT2D eigenvalue weighted by atomic mass is 16.6. The lowest BCUT2D eigenvalue weighted by atomic mass is 9.50. The van der Waals surface area contributed by atoms with E-state index in [1.807, 2.05) is 0 Å². The Bertz CT molecular complexity index is 322. The Morgan fingerprint density at radius 2 is 2.06 bits per heavy atom. The lowest BCUT2D eigenvalue weighted by Crippen LogP contribution is -2.50. The van der Waals surface area contributed by atoms with Crippen LogP contribution in [0.25, 0.3) is 0 Å². The molecule has 1 unspecified atom stereocenters. The first kappa shape index (κ1) is 10.8. The molecule has 1 heteroatoms. The second-order valence-corrected chi connectivity index (χ2v) is 6.89. The molecule has 1 saturated heterocycles. The van der Waals surface area contributed by atoms with Gasteiger partial charge in [0, 0.05) is 0 Å². The topological polar surface area (TPSA) is 12.5 Å². The Hall–Kier alpha value is -0.300. The highest BCUT2D eigenvalue weighted by molar-refractivity contribution is 5.13. The number of rotatable bonds is 0. The maximum atomic E-state index is 5.86. The SMILES string of the molecule is C/C1=C/CCC2(CO2)[C@H]2CC(C)(C)[C@@H]2CC1. The second kappa shape index (κ2) is 3.35. The minimum Gasteiger partial charge on any atom is -0.369 e. The maximum absolute atomic E-state index is 5.86. The van der Waals surface area contributed by atoms with E-state index in [4.69, 9.17) is 4.74 Å². The third kappa shape index (κ3) is 1.55. The standard InChI is InChI=1S/C15H24O/c1-11-5-4-8-15(10-16-15)13-9-14(2,3)12(13)7-6-11/h5,12-13H,4,6-10H2,1-3H3/b11-5-/t12-,13+,15?/m1/s1. The molecular formula is C15H24O. The van der Waals surface area contributed by atoms with E-state index in [9.17, 15) is 0 Å². The minimum absolute atomic E-state index is 0.307. The first-order valence-electron chi connectivity index (χ1n) is 6.83. The van der Waals surface area contributed by atoms with Gasteiger partial charge in [0.15, 0.2) is 0 Å². The van der Waals surface area contributed by atoms with Crippen molar-refractivity contribution in [3.63, 3.8) is 0 Å². The van der Waals surface area contributed by atoms with Gasteiger partial charge in [-0.15, -0.1) is 0 Å². The van der Waals surface area contributed by atoms with Crippen LogP contribution < -0.4 is 0 Å². The maximum Gasteiger partial charge on any atom is 0.0950 e. The van der Waals surface area contributed by atoms with Gasteiger partial charge in [0.25, 0.3) is 0 Å². The Morgan fingerprint density at radius 3 is 2.69 bits per heavy atom. The van der Waals surface area contributed by atoms with Crippen LogP contribution in [-0.4, -0.2) is 12.2 Å². The summed E-state index contributed by atoms with van der Waals surface area (Å²) in [4.78, 5) is 0. The highest BCUT2D eigenvalue weighted by Crippen LogP contribution is 2.62. The summed E-state index contributed by atoms with van der Waals surface area (Å²) >= 11 is 0. The van der Waals surface area contributed by atoms with Crippen molar-refractivity contribution < 1.29 is 4.74 Å². The molecular weight excluding hydrogens is 196 g/mol. The molecule has 16 heavy (non-hydrogen) atoms. The van der Waals surface area contributed by atoms with Crippen molar-refractivity contribution in [3.8, 4) is 0 Å². The van der Waals surface area contributed by atoms with Gasteiger partial charge in [-0.05, 0) is 56.3 Å². The van der Waals surface area contributed by atoms with E-state index < -0.39 is 0 Å². The number of hydrogen-bond acceptors (Lipinski definition) is 1. The molecule has 1 saturated carbocycles. The number of hydrogen-bond donors (Lipinski definition) is 0. The van der Waals surface area contributed by atoms with E-state index >= 15 is 0 Å². The third-order valence-electron chi connectivity index (χ3n) is 5.34. The first-order valence-corrected chi connectivity index (χ1v) is 6.83. The Labute approximate surface area is 99.3 Å². The van der Waals surface area contributed by atoms with Crippen LogP contribution >= 0.6 is 0 Å². The van der Waals surface area contributed by atoms with Gasteiger partial charge in [0.2, 0.25) is 0 Å². The van der Waals surface area contributed by atoms with Crippen LogP contribution in [0.3, 0.4) is 0 Å². The molecule has 1 aliphatic heterocycles. The van der Waals surface area contributed by atoms with Gasteiger partial charge < -0.3 is 4.74 Å². The van der Waals surface area contributed by atoms with Gasteiger partial charge in [0.1, 0.15) is 0 Å². The lowest BCUT2D eigenvalue weighted by Gasteiger charge is -2.54. The predicted molar refractivity (Wildman–Crippen MR) is 66.3 cm³/mol. The fraction of sp³-hybridized carbons (Fsp3) is 0.867. The molecule has 0 N–H and O–H groups in total. The highest BCUT2D eigenvalue weighted by Gasteiger charge is 2.62. The summed E-state index contributed by atoms with van der Waals surface area (Å²) in [5, 5.41) is 0. The average Bonchev–Trinajstić information content (AvgIpc) is 2.94. The number of epoxide rings is 1. The van der Waals surface area contributed by atoms with Gasteiger partial charge in [-0.3, -0.25) is 0 Å². The average molecular weight is 220 g/mol. The summed E-state index contributed by atoms with van der Waals surface area (Å²) in [5.41, 5.74) is 2.47. The molecule has 3 rings (SSSR count). The molecule has 2 aliphatic carbocycles. The lowest BCUT2D eigenvalue weighted by molar-refractivity contribution is -0.0642. The van der Waals surface area contributed by atoms with Crippen molar-refractivity contribution >= 4 is 0 Å². The van der Waals surface area contributed by atoms with E-state index in [1.165, 1.54) is 32.1 Å². The molecule has 0 aromatic heterocycles. The van der Waals surface area contributed by atoms with Gasteiger partial charge in [0.05, 0.1) is 12.2 Å². The fourth-order valence-corrected chi connectivity index (χ4v) is 4.07. The summed E-state index contributed by atoms with van der Waals surface area (Å²) in [6.07, 6.45) is 9.01. The van der Waals surface area contributed by atoms with Crippen molar-refractivity contribution in [2.24, 2.45) is 17.3 Å². The van der Waals surface area contributed by atoms with Crippen molar-refractivity contribution in [1.29, 1.82) is 0 Å².